The fraction of sp³-hybridized carbons (Fsp3) is 0.721. The molecule has 0 aromatic rings. The zero-order chi connectivity index (χ0) is 39.8. The Morgan fingerprint density at radius 1 is 0.556 bits per heavy atom. The number of phosphoric ester groups is 1. The maximum Gasteiger partial charge on any atom is 0.472 e. The molecule has 0 aromatic carbocycles. The summed E-state index contributed by atoms with van der Waals surface area (Å²) >= 11 is 0. The number of ether oxygens (including phenoxy) is 2. The fourth-order valence-electron chi connectivity index (χ4n) is 5.15. The minimum atomic E-state index is -4.63. The van der Waals surface area contributed by atoms with Gasteiger partial charge < -0.3 is 24.6 Å². The smallest absolute Gasteiger partial charge is 0.462 e. The number of rotatable bonds is 38. The molecule has 0 aliphatic rings. The molecule has 10 nitrogen and oxygen atoms in total. The molecule has 0 rings (SSSR count). The van der Waals surface area contributed by atoms with Crippen LogP contribution < -0.4 is 0 Å². The summed E-state index contributed by atoms with van der Waals surface area (Å²) in [6, 6.07) is 0. The number of hydrogen-bond donors (Lipinski definition) is 3. The molecule has 0 aliphatic heterocycles. The Hall–Kier alpha value is -2.33. The molecule has 0 fully saturated rings. The molecule has 3 atom stereocenters. The van der Waals surface area contributed by atoms with Crippen LogP contribution in [0, 0.1) is 0 Å². The fourth-order valence-corrected chi connectivity index (χ4v) is 5.94. The highest BCUT2D eigenvalue weighted by atomic mass is 31.2. The minimum Gasteiger partial charge on any atom is -0.462 e. The topological polar surface area (TPSA) is 149 Å². The van der Waals surface area contributed by atoms with Crippen molar-refractivity contribution >= 4 is 19.8 Å². The molecule has 0 aromatic heterocycles. The van der Waals surface area contributed by atoms with Crippen LogP contribution in [0.1, 0.15) is 162 Å². The number of carbonyl (C=O) groups is 2. The lowest BCUT2D eigenvalue weighted by molar-refractivity contribution is -0.161. The summed E-state index contributed by atoms with van der Waals surface area (Å²) in [4.78, 5) is 34.9. The van der Waals surface area contributed by atoms with Gasteiger partial charge in [-0.3, -0.25) is 18.6 Å². The Kier molecular flexibility index (Phi) is 37.2. The molecule has 0 aliphatic carbocycles. The average Bonchev–Trinajstić information content (AvgIpc) is 3.16. The van der Waals surface area contributed by atoms with Crippen molar-refractivity contribution in [3.63, 3.8) is 0 Å². The third-order valence-corrected chi connectivity index (χ3v) is 9.35. The number of carbonyl (C=O) groups excluding carboxylic acids is 2. The largest absolute Gasteiger partial charge is 0.472 e. The summed E-state index contributed by atoms with van der Waals surface area (Å²) in [5.74, 6) is -0.977. The molecule has 54 heavy (non-hydrogen) atoms. The molecule has 0 saturated carbocycles. The van der Waals surface area contributed by atoms with Crippen molar-refractivity contribution in [2.45, 2.75) is 174 Å². The van der Waals surface area contributed by atoms with Crippen molar-refractivity contribution in [1.82, 2.24) is 0 Å². The van der Waals surface area contributed by atoms with Gasteiger partial charge in [0.25, 0.3) is 0 Å². The molecule has 312 valence electrons. The van der Waals surface area contributed by atoms with Crippen LogP contribution in [-0.2, 0) is 32.7 Å². The van der Waals surface area contributed by atoms with Gasteiger partial charge in [0.05, 0.1) is 19.8 Å². The first kappa shape index (κ1) is 51.7. The van der Waals surface area contributed by atoms with Crippen molar-refractivity contribution in [2.24, 2.45) is 0 Å². The van der Waals surface area contributed by atoms with E-state index in [0.29, 0.717) is 12.8 Å². The van der Waals surface area contributed by atoms with E-state index >= 15 is 0 Å². The summed E-state index contributed by atoms with van der Waals surface area (Å²) in [6.45, 7) is 2.26. The van der Waals surface area contributed by atoms with E-state index in [-0.39, 0.29) is 19.4 Å². The van der Waals surface area contributed by atoms with Crippen molar-refractivity contribution in [3.05, 3.63) is 60.8 Å². The minimum absolute atomic E-state index is 0.164. The lowest BCUT2D eigenvalue weighted by atomic mass is 10.1. The Balaban J connectivity index is 4.38. The number of esters is 2. The zero-order valence-electron chi connectivity index (χ0n) is 33.7. The summed E-state index contributed by atoms with van der Waals surface area (Å²) < 4.78 is 32.6. The highest BCUT2D eigenvalue weighted by molar-refractivity contribution is 7.47. The van der Waals surface area contributed by atoms with E-state index in [2.05, 4.69) is 79.1 Å². The Labute approximate surface area is 327 Å². The predicted molar refractivity (Wildman–Crippen MR) is 219 cm³/mol. The second kappa shape index (κ2) is 38.9. The van der Waals surface area contributed by atoms with Gasteiger partial charge in [0.1, 0.15) is 12.7 Å². The van der Waals surface area contributed by atoms with E-state index in [1.54, 1.807) is 0 Å². The molecular weight excluding hydrogens is 707 g/mol. The van der Waals surface area contributed by atoms with Crippen LogP contribution in [-0.4, -0.2) is 65.7 Å². The Bertz CT molecular complexity index is 1080. The van der Waals surface area contributed by atoms with E-state index in [1.807, 2.05) is 0 Å². The monoisotopic (exact) mass is 783 g/mol. The van der Waals surface area contributed by atoms with Gasteiger partial charge >= 0.3 is 19.8 Å². The van der Waals surface area contributed by atoms with Crippen LogP contribution in [0.25, 0.3) is 0 Å². The first-order valence-electron chi connectivity index (χ1n) is 20.7. The van der Waals surface area contributed by atoms with Crippen LogP contribution in [0.15, 0.2) is 60.8 Å². The molecule has 1 unspecified atom stereocenters. The van der Waals surface area contributed by atoms with Gasteiger partial charge in [0.2, 0.25) is 0 Å². The normalized spacial score (nSPS) is 14.5. The van der Waals surface area contributed by atoms with Crippen molar-refractivity contribution < 1.29 is 47.8 Å². The van der Waals surface area contributed by atoms with Gasteiger partial charge in [-0.05, 0) is 83.5 Å². The lowest BCUT2D eigenvalue weighted by Gasteiger charge is -2.20. The quantitative estimate of drug-likeness (QED) is 0.0239. The Morgan fingerprint density at radius 2 is 0.963 bits per heavy atom. The molecular formula is C43H75O10P. The third-order valence-electron chi connectivity index (χ3n) is 8.39. The van der Waals surface area contributed by atoms with Gasteiger partial charge in [-0.1, -0.05) is 126 Å². The molecule has 11 heteroatoms. The summed E-state index contributed by atoms with van der Waals surface area (Å²) in [6.07, 6.45) is 41.9. The number of phosphoric acid groups is 1. The molecule has 0 bridgehead atoms. The maximum atomic E-state index is 12.6. The molecule has 0 amide bonds. The number of unbranched alkanes of at least 4 members (excludes halogenated alkanes) is 14. The van der Waals surface area contributed by atoms with Gasteiger partial charge in [-0.2, -0.15) is 0 Å². The van der Waals surface area contributed by atoms with Crippen LogP contribution in [0.4, 0.5) is 0 Å². The van der Waals surface area contributed by atoms with Gasteiger partial charge in [-0.15, -0.1) is 0 Å². The van der Waals surface area contributed by atoms with Crippen molar-refractivity contribution in [3.8, 4) is 0 Å². The number of allylic oxidation sites excluding steroid dienone is 10. The maximum absolute atomic E-state index is 12.6. The summed E-state index contributed by atoms with van der Waals surface area (Å²) in [5.41, 5.74) is 0. The van der Waals surface area contributed by atoms with E-state index in [9.17, 15) is 24.2 Å². The van der Waals surface area contributed by atoms with E-state index in [4.69, 9.17) is 19.1 Å². The van der Waals surface area contributed by atoms with Gasteiger partial charge in [0.15, 0.2) is 6.10 Å². The zero-order valence-corrected chi connectivity index (χ0v) is 34.6. The Morgan fingerprint density at radius 3 is 1.48 bits per heavy atom. The lowest BCUT2D eigenvalue weighted by Crippen LogP contribution is -2.29. The van der Waals surface area contributed by atoms with E-state index < -0.39 is 51.8 Å². The highest BCUT2D eigenvalue weighted by Gasteiger charge is 2.27. The number of aliphatic hydroxyl groups is 2. The number of hydrogen-bond acceptors (Lipinski definition) is 9. The standard InChI is InChI=1S/C43H75O10P/c1-3-5-7-9-11-13-15-17-18-19-20-21-22-23-25-26-28-30-32-34-42(46)50-38-41(39-52-54(48,49)51-37-40(45)36-44)53-43(47)35-33-31-29-27-24-16-14-12-10-8-6-4-2/h11-14,17-18,20-21,23,25,40-41,44-45H,3-10,15-16,19,22,24,26-39H2,1-2H3,(H,48,49)/b13-11-,14-12-,18-17-,21-20-,25-23-/t40-,41+/m0/s1. The summed E-state index contributed by atoms with van der Waals surface area (Å²) in [7, 11) is -4.63. The van der Waals surface area contributed by atoms with Crippen LogP contribution in [0.2, 0.25) is 0 Å². The SMILES string of the molecule is CCCCC/C=C\C/C=C\C/C=C\C/C=C\CCCCCC(=O)OC[C@H](COP(=O)(O)OC[C@@H](O)CO)OC(=O)CCCCCCC/C=C\CCCCC. The van der Waals surface area contributed by atoms with Gasteiger partial charge in [0, 0.05) is 12.8 Å². The van der Waals surface area contributed by atoms with E-state index in [0.717, 1.165) is 77.0 Å². The molecule has 0 saturated heterocycles. The first-order valence-corrected chi connectivity index (χ1v) is 22.2. The molecule has 0 radical (unpaired) electrons. The van der Waals surface area contributed by atoms with E-state index in [1.165, 1.54) is 44.9 Å². The third kappa shape index (κ3) is 38.0. The van der Waals surface area contributed by atoms with Crippen LogP contribution in [0.3, 0.4) is 0 Å². The van der Waals surface area contributed by atoms with Crippen LogP contribution in [0.5, 0.6) is 0 Å². The van der Waals surface area contributed by atoms with Crippen molar-refractivity contribution in [2.75, 3.05) is 26.4 Å². The molecule has 3 N–H and O–H groups in total. The first-order chi connectivity index (χ1) is 26.2. The highest BCUT2D eigenvalue weighted by Crippen LogP contribution is 2.43. The molecule has 0 spiro atoms. The molecule has 0 heterocycles. The second-order valence-corrected chi connectivity index (χ2v) is 15.1. The van der Waals surface area contributed by atoms with Gasteiger partial charge in [-0.25, -0.2) is 4.57 Å². The number of aliphatic hydroxyl groups excluding tert-OH is 2. The predicted octanol–water partition coefficient (Wildman–Crippen LogP) is 10.7. The second-order valence-electron chi connectivity index (χ2n) is 13.7. The summed E-state index contributed by atoms with van der Waals surface area (Å²) in [5, 5.41) is 18.3. The van der Waals surface area contributed by atoms with Crippen molar-refractivity contribution in [1.29, 1.82) is 0 Å². The van der Waals surface area contributed by atoms with Crippen LogP contribution >= 0.6 is 7.82 Å². The average molecular weight is 783 g/mol.